The zero-order chi connectivity index (χ0) is 10.6. The fraction of sp³-hybridized carbons (Fsp3) is 0.222. The van der Waals surface area contributed by atoms with E-state index in [1.165, 1.54) is 0 Å². The van der Waals surface area contributed by atoms with Gasteiger partial charge in [-0.05, 0) is 12.1 Å². The third-order valence-electron chi connectivity index (χ3n) is 1.50. The van der Waals surface area contributed by atoms with Crippen LogP contribution in [0.2, 0.25) is 0 Å². The van der Waals surface area contributed by atoms with Crippen LogP contribution in [0.1, 0.15) is 6.42 Å². The van der Waals surface area contributed by atoms with Gasteiger partial charge in [-0.2, -0.15) is 0 Å². The van der Waals surface area contributed by atoms with Crippen LogP contribution in [-0.2, 0) is 4.79 Å². The van der Waals surface area contributed by atoms with E-state index < -0.39 is 17.5 Å². The van der Waals surface area contributed by atoms with Gasteiger partial charge in [-0.1, -0.05) is 0 Å². The molecule has 76 valence electrons. The molecule has 0 saturated carbocycles. The van der Waals surface area contributed by atoms with Gasteiger partial charge in [0, 0.05) is 6.07 Å². The number of benzene rings is 1. The monoisotopic (exact) mass is 201 g/mol. The summed E-state index contributed by atoms with van der Waals surface area (Å²) in [5.41, 5.74) is 4.84. The minimum Gasteiger partial charge on any atom is -0.490 e. The van der Waals surface area contributed by atoms with Crippen LogP contribution in [0.3, 0.4) is 0 Å². The molecule has 0 spiro atoms. The van der Waals surface area contributed by atoms with E-state index in [-0.39, 0.29) is 18.8 Å². The third kappa shape index (κ3) is 3.01. The summed E-state index contributed by atoms with van der Waals surface area (Å²) >= 11 is 0. The highest BCUT2D eigenvalue weighted by Gasteiger charge is 2.05. The van der Waals surface area contributed by atoms with Crippen molar-refractivity contribution in [2.24, 2.45) is 5.73 Å². The summed E-state index contributed by atoms with van der Waals surface area (Å²) in [5.74, 6) is -2.04. The van der Waals surface area contributed by atoms with Crippen molar-refractivity contribution in [1.82, 2.24) is 0 Å². The van der Waals surface area contributed by atoms with Gasteiger partial charge in [-0.25, -0.2) is 8.78 Å². The predicted molar refractivity (Wildman–Crippen MR) is 45.7 cm³/mol. The van der Waals surface area contributed by atoms with Crippen LogP contribution < -0.4 is 10.5 Å². The summed E-state index contributed by atoms with van der Waals surface area (Å²) in [6, 6.07) is 2.85. The Morgan fingerprint density at radius 3 is 2.79 bits per heavy atom. The maximum atomic E-state index is 12.9. The van der Waals surface area contributed by atoms with Crippen molar-refractivity contribution >= 4 is 5.91 Å². The van der Waals surface area contributed by atoms with Gasteiger partial charge >= 0.3 is 0 Å². The van der Waals surface area contributed by atoms with Crippen LogP contribution in [0.15, 0.2) is 18.2 Å². The highest BCUT2D eigenvalue weighted by molar-refractivity contribution is 5.73. The molecule has 1 amide bonds. The molecule has 0 saturated heterocycles. The zero-order valence-electron chi connectivity index (χ0n) is 7.30. The van der Waals surface area contributed by atoms with Gasteiger partial charge in [0.15, 0.2) is 11.6 Å². The molecule has 0 fully saturated rings. The van der Waals surface area contributed by atoms with Gasteiger partial charge in [0.25, 0.3) is 0 Å². The number of halogens is 2. The molecular weight excluding hydrogens is 192 g/mol. The second-order valence-electron chi connectivity index (χ2n) is 2.64. The Labute approximate surface area is 79.5 Å². The van der Waals surface area contributed by atoms with E-state index >= 15 is 0 Å². The van der Waals surface area contributed by atoms with E-state index in [0.29, 0.717) is 0 Å². The van der Waals surface area contributed by atoms with Crippen LogP contribution in [0.25, 0.3) is 0 Å². The Morgan fingerprint density at radius 2 is 2.14 bits per heavy atom. The smallest absolute Gasteiger partial charge is 0.220 e. The Morgan fingerprint density at radius 1 is 1.43 bits per heavy atom. The molecule has 0 atom stereocenters. The number of primary amides is 1. The zero-order valence-corrected chi connectivity index (χ0v) is 7.30. The van der Waals surface area contributed by atoms with Crippen molar-refractivity contribution in [3.05, 3.63) is 29.8 Å². The third-order valence-corrected chi connectivity index (χ3v) is 1.50. The van der Waals surface area contributed by atoms with E-state index in [1.54, 1.807) is 0 Å². The van der Waals surface area contributed by atoms with Gasteiger partial charge in [0.1, 0.15) is 5.82 Å². The number of carbonyl (C=O) groups is 1. The molecule has 0 unspecified atom stereocenters. The number of rotatable bonds is 4. The molecule has 1 aromatic rings. The van der Waals surface area contributed by atoms with Crippen molar-refractivity contribution in [1.29, 1.82) is 0 Å². The van der Waals surface area contributed by atoms with Crippen LogP contribution in [0, 0.1) is 11.6 Å². The first-order chi connectivity index (χ1) is 6.59. The summed E-state index contributed by atoms with van der Waals surface area (Å²) < 4.78 is 30.3. The SMILES string of the molecule is NC(=O)CCOc1cc(F)ccc1F. The maximum absolute atomic E-state index is 12.9. The van der Waals surface area contributed by atoms with E-state index in [2.05, 4.69) is 0 Å². The summed E-state index contributed by atoms with van der Waals surface area (Å²) in [4.78, 5) is 10.3. The van der Waals surface area contributed by atoms with Crippen LogP contribution in [-0.4, -0.2) is 12.5 Å². The quantitative estimate of drug-likeness (QED) is 0.796. The molecule has 0 bridgehead atoms. The van der Waals surface area contributed by atoms with Crippen LogP contribution in [0.5, 0.6) is 5.75 Å². The summed E-state index contributed by atoms with van der Waals surface area (Å²) in [6.07, 6.45) is -0.0318. The number of hydrogen-bond acceptors (Lipinski definition) is 2. The normalized spacial score (nSPS) is 9.86. The fourth-order valence-electron chi connectivity index (χ4n) is 0.849. The molecule has 0 heterocycles. The molecule has 5 heteroatoms. The Kier molecular flexibility index (Phi) is 3.39. The molecule has 1 rings (SSSR count). The van der Waals surface area contributed by atoms with Crippen molar-refractivity contribution in [2.75, 3.05) is 6.61 Å². The standard InChI is InChI=1S/C9H9F2NO2/c10-6-1-2-7(11)8(5-6)14-4-3-9(12)13/h1-2,5H,3-4H2,(H2,12,13). The Hall–Kier alpha value is -1.65. The first kappa shape index (κ1) is 10.4. The summed E-state index contributed by atoms with van der Waals surface area (Å²) in [5, 5.41) is 0. The molecule has 0 radical (unpaired) electrons. The highest BCUT2D eigenvalue weighted by atomic mass is 19.1. The van der Waals surface area contributed by atoms with Gasteiger partial charge in [-0.3, -0.25) is 4.79 Å². The van der Waals surface area contributed by atoms with Gasteiger partial charge < -0.3 is 10.5 Å². The van der Waals surface area contributed by atoms with E-state index in [9.17, 15) is 13.6 Å². The molecule has 0 aliphatic heterocycles. The lowest BCUT2D eigenvalue weighted by Crippen LogP contribution is -2.14. The molecule has 14 heavy (non-hydrogen) atoms. The number of amides is 1. The fourth-order valence-corrected chi connectivity index (χ4v) is 0.849. The molecule has 0 aromatic heterocycles. The molecule has 0 aliphatic carbocycles. The van der Waals surface area contributed by atoms with E-state index in [1.807, 2.05) is 0 Å². The predicted octanol–water partition coefficient (Wildman–Crippen LogP) is 1.22. The lowest BCUT2D eigenvalue weighted by atomic mass is 10.3. The van der Waals surface area contributed by atoms with Crippen molar-refractivity contribution in [3.8, 4) is 5.75 Å². The summed E-state index contributed by atoms with van der Waals surface area (Å²) in [7, 11) is 0. The number of hydrogen-bond donors (Lipinski definition) is 1. The summed E-state index contributed by atoms with van der Waals surface area (Å²) in [6.45, 7) is -0.0598. The van der Waals surface area contributed by atoms with Crippen LogP contribution >= 0.6 is 0 Å². The first-order valence-corrected chi connectivity index (χ1v) is 3.96. The Balaban J connectivity index is 2.57. The average Bonchev–Trinajstić information content (AvgIpc) is 2.10. The molecule has 3 nitrogen and oxygen atoms in total. The van der Waals surface area contributed by atoms with E-state index in [4.69, 9.17) is 10.5 Å². The van der Waals surface area contributed by atoms with Gasteiger partial charge in [0.2, 0.25) is 5.91 Å². The number of nitrogens with two attached hydrogens (primary N) is 1. The lowest BCUT2D eigenvalue weighted by molar-refractivity contribution is -0.118. The second kappa shape index (κ2) is 4.55. The highest BCUT2D eigenvalue weighted by Crippen LogP contribution is 2.17. The van der Waals surface area contributed by atoms with Crippen molar-refractivity contribution in [2.45, 2.75) is 6.42 Å². The van der Waals surface area contributed by atoms with Crippen LogP contribution in [0.4, 0.5) is 8.78 Å². The molecular formula is C9H9F2NO2. The van der Waals surface area contributed by atoms with Gasteiger partial charge in [0.05, 0.1) is 13.0 Å². The maximum Gasteiger partial charge on any atom is 0.220 e. The Bertz CT molecular complexity index is 342. The van der Waals surface area contributed by atoms with Gasteiger partial charge in [-0.15, -0.1) is 0 Å². The topological polar surface area (TPSA) is 52.3 Å². The number of ether oxygens (including phenoxy) is 1. The molecule has 1 aromatic carbocycles. The van der Waals surface area contributed by atoms with Crippen molar-refractivity contribution < 1.29 is 18.3 Å². The largest absolute Gasteiger partial charge is 0.490 e. The minimum absolute atomic E-state index is 0.0318. The van der Waals surface area contributed by atoms with E-state index in [0.717, 1.165) is 18.2 Å². The first-order valence-electron chi connectivity index (χ1n) is 3.96. The lowest BCUT2D eigenvalue weighted by Gasteiger charge is -2.05. The molecule has 0 aliphatic rings. The van der Waals surface area contributed by atoms with Crippen molar-refractivity contribution in [3.63, 3.8) is 0 Å². The number of carbonyl (C=O) groups excluding carboxylic acids is 1. The minimum atomic E-state index is -0.670. The second-order valence-corrected chi connectivity index (χ2v) is 2.64. The molecule has 2 N–H and O–H groups in total. The average molecular weight is 201 g/mol.